The van der Waals surface area contributed by atoms with Crippen molar-refractivity contribution in [3.63, 3.8) is 0 Å². The molecule has 3 amide bonds. The van der Waals surface area contributed by atoms with Gasteiger partial charge in [-0.25, -0.2) is 4.79 Å². The Morgan fingerprint density at radius 3 is 2.53 bits per heavy atom. The minimum absolute atomic E-state index is 0.121. The molecular weight excluding hydrogens is 216 g/mol. The molecule has 1 fully saturated rings. The van der Waals surface area contributed by atoms with Gasteiger partial charge in [0.1, 0.15) is 5.54 Å². The Kier molecular flexibility index (Phi) is 3.97. The Balaban J connectivity index is 2.59. The lowest BCUT2D eigenvalue weighted by Crippen LogP contribution is -2.43. The van der Waals surface area contributed by atoms with E-state index in [4.69, 9.17) is 11.6 Å². The zero-order valence-electron chi connectivity index (χ0n) is 9.18. The van der Waals surface area contributed by atoms with Gasteiger partial charge < -0.3 is 5.32 Å². The van der Waals surface area contributed by atoms with Crippen molar-refractivity contribution in [1.29, 1.82) is 0 Å². The summed E-state index contributed by atoms with van der Waals surface area (Å²) in [4.78, 5) is 24.7. The standard InChI is InChI=1S/C10H17ClN2O2/c1-3-10(2)8(14)13(9(15)12-10)7-5-4-6-11/h3-7H2,1-2H3,(H,12,15). The second-order valence-corrected chi connectivity index (χ2v) is 4.35. The molecule has 0 aliphatic carbocycles. The van der Waals surface area contributed by atoms with Gasteiger partial charge in [0.15, 0.2) is 0 Å². The first-order valence-corrected chi connectivity index (χ1v) is 5.78. The molecule has 15 heavy (non-hydrogen) atoms. The van der Waals surface area contributed by atoms with Crippen LogP contribution < -0.4 is 5.32 Å². The lowest BCUT2D eigenvalue weighted by atomic mass is 9.99. The number of amides is 3. The SMILES string of the molecule is CCC1(C)NC(=O)N(CCCCCl)C1=O. The molecule has 4 nitrogen and oxygen atoms in total. The maximum Gasteiger partial charge on any atom is 0.325 e. The Hall–Kier alpha value is -0.770. The van der Waals surface area contributed by atoms with Crippen molar-refractivity contribution >= 4 is 23.5 Å². The number of nitrogens with zero attached hydrogens (tertiary/aromatic N) is 1. The average Bonchev–Trinajstić information content (AvgIpc) is 2.42. The summed E-state index contributed by atoms with van der Waals surface area (Å²) in [6, 6.07) is -0.279. The largest absolute Gasteiger partial charge is 0.325 e. The molecule has 1 saturated heterocycles. The van der Waals surface area contributed by atoms with Crippen LogP contribution in [0, 0.1) is 0 Å². The zero-order chi connectivity index (χ0) is 11.5. The molecule has 1 atom stereocenters. The quantitative estimate of drug-likeness (QED) is 0.446. The number of carbonyl (C=O) groups is 2. The Morgan fingerprint density at radius 1 is 1.40 bits per heavy atom. The fraction of sp³-hybridized carbons (Fsp3) is 0.800. The lowest BCUT2D eigenvalue weighted by molar-refractivity contribution is -0.130. The van der Waals surface area contributed by atoms with Gasteiger partial charge >= 0.3 is 6.03 Å². The predicted molar refractivity (Wildman–Crippen MR) is 58.9 cm³/mol. The van der Waals surface area contributed by atoms with Crippen LogP contribution in [0.25, 0.3) is 0 Å². The molecule has 0 spiro atoms. The van der Waals surface area contributed by atoms with Crippen molar-refractivity contribution in [2.45, 2.75) is 38.6 Å². The number of urea groups is 1. The van der Waals surface area contributed by atoms with E-state index in [1.165, 1.54) is 4.90 Å². The van der Waals surface area contributed by atoms with Crippen LogP contribution in [0.5, 0.6) is 0 Å². The smallest absolute Gasteiger partial charge is 0.323 e. The Morgan fingerprint density at radius 2 is 2.07 bits per heavy atom. The number of unbranched alkanes of at least 4 members (excludes halogenated alkanes) is 1. The summed E-state index contributed by atoms with van der Waals surface area (Å²) >= 11 is 5.54. The molecule has 1 aliphatic rings. The molecular formula is C10H17ClN2O2. The fourth-order valence-corrected chi connectivity index (χ4v) is 1.74. The van der Waals surface area contributed by atoms with E-state index in [-0.39, 0.29) is 11.9 Å². The molecule has 5 heteroatoms. The van der Waals surface area contributed by atoms with E-state index < -0.39 is 5.54 Å². The summed E-state index contributed by atoms with van der Waals surface area (Å²) < 4.78 is 0. The number of imide groups is 1. The summed E-state index contributed by atoms with van der Waals surface area (Å²) in [5.41, 5.74) is -0.710. The minimum Gasteiger partial charge on any atom is -0.323 e. The first kappa shape index (κ1) is 12.3. The fourth-order valence-electron chi connectivity index (χ4n) is 1.55. The summed E-state index contributed by atoms with van der Waals surface area (Å²) in [5, 5.41) is 2.71. The third kappa shape index (κ3) is 2.43. The monoisotopic (exact) mass is 232 g/mol. The summed E-state index contributed by atoms with van der Waals surface area (Å²) in [5.74, 6) is 0.443. The van der Waals surface area contributed by atoms with Crippen LogP contribution in [0.4, 0.5) is 4.79 Å². The predicted octanol–water partition coefficient (Wildman–Crippen LogP) is 1.73. The van der Waals surface area contributed by atoms with E-state index in [1.54, 1.807) is 6.92 Å². The molecule has 86 valence electrons. The van der Waals surface area contributed by atoms with E-state index in [9.17, 15) is 9.59 Å². The van der Waals surface area contributed by atoms with Gasteiger partial charge in [-0.3, -0.25) is 9.69 Å². The van der Waals surface area contributed by atoms with Crippen molar-refractivity contribution in [3.05, 3.63) is 0 Å². The minimum atomic E-state index is -0.710. The van der Waals surface area contributed by atoms with E-state index in [1.807, 2.05) is 6.92 Å². The second kappa shape index (κ2) is 4.84. The molecule has 0 bridgehead atoms. The van der Waals surface area contributed by atoms with Gasteiger partial charge in [-0.05, 0) is 26.2 Å². The summed E-state index contributed by atoms with van der Waals surface area (Å²) in [6.45, 7) is 4.11. The highest BCUT2D eigenvalue weighted by Crippen LogP contribution is 2.20. The van der Waals surface area contributed by atoms with Crippen molar-refractivity contribution in [2.24, 2.45) is 0 Å². The van der Waals surface area contributed by atoms with E-state index in [2.05, 4.69) is 5.32 Å². The highest BCUT2D eigenvalue weighted by Gasteiger charge is 2.45. The second-order valence-electron chi connectivity index (χ2n) is 3.97. The highest BCUT2D eigenvalue weighted by atomic mass is 35.5. The number of carbonyl (C=O) groups excluding carboxylic acids is 2. The van der Waals surface area contributed by atoms with Gasteiger partial charge in [0.2, 0.25) is 0 Å². The Labute approximate surface area is 95.0 Å². The third-order valence-electron chi connectivity index (χ3n) is 2.82. The number of rotatable bonds is 5. The van der Waals surface area contributed by atoms with Crippen LogP contribution in [0.1, 0.15) is 33.1 Å². The topological polar surface area (TPSA) is 49.4 Å². The first-order chi connectivity index (χ1) is 7.05. The lowest BCUT2D eigenvalue weighted by Gasteiger charge is -2.19. The number of hydrogen-bond acceptors (Lipinski definition) is 2. The highest BCUT2D eigenvalue weighted by molar-refractivity contribution is 6.17. The maximum absolute atomic E-state index is 11.9. The van der Waals surface area contributed by atoms with Crippen molar-refractivity contribution in [3.8, 4) is 0 Å². The number of nitrogens with one attached hydrogen (secondary N) is 1. The van der Waals surface area contributed by atoms with Crippen molar-refractivity contribution in [1.82, 2.24) is 10.2 Å². The number of hydrogen-bond donors (Lipinski definition) is 1. The number of alkyl halides is 1. The van der Waals surface area contributed by atoms with E-state index in [0.29, 0.717) is 18.8 Å². The van der Waals surface area contributed by atoms with E-state index in [0.717, 1.165) is 12.8 Å². The molecule has 0 aromatic rings. The van der Waals surface area contributed by atoms with Gasteiger partial charge in [0.25, 0.3) is 5.91 Å². The van der Waals surface area contributed by atoms with Crippen LogP contribution in [0.15, 0.2) is 0 Å². The van der Waals surface area contributed by atoms with E-state index >= 15 is 0 Å². The summed E-state index contributed by atoms with van der Waals surface area (Å²) in [7, 11) is 0. The van der Waals surface area contributed by atoms with Crippen LogP contribution >= 0.6 is 11.6 Å². The van der Waals surface area contributed by atoms with Gasteiger partial charge in [-0.2, -0.15) is 0 Å². The normalized spacial score (nSPS) is 25.9. The first-order valence-electron chi connectivity index (χ1n) is 5.25. The molecule has 0 aromatic heterocycles. The van der Waals surface area contributed by atoms with Crippen LogP contribution in [-0.4, -0.2) is 34.8 Å². The molecule has 1 rings (SSSR count). The zero-order valence-corrected chi connectivity index (χ0v) is 9.93. The Bertz CT molecular complexity index is 270. The van der Waals surface area contributed by atoms with Gasteiger partial charge in [0.05, 0.1) is 0 Å². The third-order valence-corrected chi connectivity index (χ3v) is 3.08. The van der Waals surface area contributed by atoms with Crippen LogP contribution in [0.3, 0.4) is 0 Å². The summed E-state index contributed by atoms with van der Waals surface area (Å²) in [6.07, 6.45) is 2.20. The van der Waals surface area contributed by atoms with Crippen LogP contribution in [-0.2, 0) is 4.79 Å². The van der Waals surface area contributed by atoms with Crippen LogP contribution in [0.2, 0.25) is 0 Å². The molecule has 1 aliphatic heterocycles. The molecule has 1 heterocycles. The van der Waals surface area contributed by atoms with Gasteiger partial charge in [0, 0.05) is 12.4 Å². The van der Waals surface area contributed by atoms with Crippen molar-refractivity contribution in [2.75, 3.05) is 12.4 Å². The molecule has 1 unspecified atom stereocenters. The molecule has 0 radical (unpaired) electrons. The molecule has 0 aromatic carbocycles. The molecule has 1 N–H and O–H groups in total. The van der Waals surface area contributed by atoms with Gasteiger partial charge in [-0.1, -0.05) is 6.92 Å². The number of halogens is 1. The van der Waals surface area contributed by atoms with Gasteiger partial charge in [-0.15, -0.1) is 11.6 Å². The average molecular weight is 233 g/mol. The van der Waals surface area contributed by atoms with Crippen molar-refractivity contribution < 1.29 is 9.59 Å². The molecule has 0 saturated carbocycles. The maximum atomic E-state index is 11.9.